The predicted molar refractivity (Wildman–Crippen MR) is 94.3 cm³/mol. The number of likely N-dealkylation sites (N-methyl/N-ethyl adjacent to an activating group) is 1. The van der Waals surface area contributed by atoms with Crippen LogP contribution in [-0.2, 0) is 14.3 Å². The first-order valence-corrected chi connectivity index (χ1v) is 8.64. The number of nitrogens with zero attached hydrogens (tertiary/aromatic N) is 1. The van der Waals surface area contributed by atoms with Gasteiger partial charge in [-0.1, -0.05) is 13.8 Å². The van der Waals surface area contributed by atoms with Gasteiger partial charge in [0.05, 0.1) is 0 Å². The van der Waals surface area contributed by atoms with Crippen LogP contribution in [0.25, 0.3) is 0 Å². The van der Waals surface area contributed by atoms with E-state index in [9.17, 15) is 33.1 Å². The van der Waals surface area contributed by atoms with Crippen molar-refractivity contribution in [1.82, 2.24) is 10.2 Å². The lowest BCUT2D eigenvalue weighted by atomic mass is 9.86. The second-order valence-electron chi connectivity index (χ2n) is 7.01. The molecule has 0 fully saturated rings. The average molecular weight is 427 g/mol. The first kappa shape index (κ1) is 26.5. The molecule has 6 N–H and O–H groups in total. The summed E-state index contributed by atoms with van der Waals surface area (Å²) in [4.78, 5) is 45.9. The molecule has 0 spiro atoms. The summed E-state index contributed by atoms with van der Waals surface area (Å²) in [6.07, 6.45) is -8.37. The molecule has 0 radical (unpaired) electrons. The third kappa shape index (κ3) is 7.42. The highest BCUT2D eigenvalue weighted by Gasteiger charge is 2.43. The quantitative estimate of drug-likeness (QED) is 0.293. The van der Waals surface area contributed by atoms with Crippen LogP contribution in [0.5, 0.6) is 0 Å². The van der Waals surface area contributed by atoms with Crippen molar-refractivity contribution in [2.24, 2.45) is 11.1 Å². The number of hydrogen-bond donors (Lipinski definition) is 5. The van der Waals surface area contributed by atoms with Crippen LogP contribution < -0.4 is 11.1 Å². The lowest BCUT2D eigenvalue weighted by molar-refractivity contribution is -0.150. The van der Waals surface area contributed by atoms with Gasteiger partial charge in [0.2, 0.25) is 0 Å². The highest BCUT2D eigenvalue weighted by Crippen LogP contribution is 2.23. The van der Waals surface area contributed by atoms with E-state index in [1.54, 1.807) is 0 Å². The van der Waals surface area contributed by atoms with Crippen LogP contribution in [0, 0.1) is 5.41 Å². The lowest BCUT2D eigenvalue weighted by Crippen LogP contribution is -2.54. The van der Waals surface area contributed by atoms with E-state index in [1.165, 1.54) is 20.8 Å². The first-order chi connectivity index (χ1) is 13.2. The van der Waals surface area contributed by atoms with Crippen molar-refractivity contribution in [3.63, 3.8) is 0 Å². The maximum atomic E-state index is 12.7. The molecule has 0 aliphatic rings. The number of carboxylic acid groups (broad SMARTS) is 2. The SMILES string of the molecule is CCN(C(=O)O)C(=O)C(O)C(C)(C)COC(=O)NCCCC(N)(C(=O)O)C(F)F. The van der Waals surface area contributed by atoms with Crippen molar-refractivity contribution < 1.29 is 48.0 Å². The van der Waals surface area contributed by atoms with Gasteiger partial charge in [-0.05, 0) is 19.8 Å². The van der Waals surface area contributed by atoms with Crippen molar-refractivity contribution in [2.45, 2.75) is 51.7 Å². The summed E-state index contributed by atoms with van der Waals surface area (Å²) in [5.41, 5.74) is 1.08. The molecule has 0 saturated heterocycles. The van der Waals surface area contributed by atoms with Crippen molar-refractivity contribution >= 4 is 24.1 Å². The molecule has 0 aliphatic heterocycles. The number of carbonyl (C=O) groups excluding carboxylic acids is 2. The Hall–Kier alpha value is -2.54. The molecule has 0 aromatic heterocycles. The molecule has 29 heavy (non-hydrogen) atoms. The molecule has 168 valence electrons. The van der Waals surface area contributed by atoms with Crippen LogP contribution in [-0.4, -0.2) is 82.0 Å². The molecular weight excluding hydrogens is 400 g/mol. The van der Waals surface area contributed by atoms with E-state index >= 15 is 0 Å². The van der Waals surface area contributed by atoms with Crippen molar-refractivity contribution in [1.29, 1.82) is 0 Å². The monoisotopic (exact) mass is 427 g/mol. The van der Waals surface area contributed by atoms with Gasteiger partial charge in [0.15, 0.2) is 5.54 Å². The first-order valence-electron chi connectivity index (χ1n) is 8.64. The number of hydrogen-bond acceptors (Lipinski definition) is 7. The summed E-state index contributed by atoms with van der Waals surface area (Å²) in [6.45, 7) is 3.30. The minimum Gasteiger partial charge on any atom is -0.480 e. The molecule has 2 unspecified atom stereocenters. The molecule has 0 aliphatic carbocycles. The number of imide groups is 1. The van der Waals surface area contributed by atoms with E-state index in [1.807, 2.05) is 0 Å². The number of rotatable bonds is 11. The third-order valence-electron chi connectivity index (χ3n) is 4.19. The van der Waals surface area contributed by atoms with Crippen molar-refractivity contribution in [3.8, 4) is 0 Å². The van der Waals surface area contributed by atoms with Crippen LogP contribution >= 0.6 is 0 Å². The Labute approximate surface area is 165 Å². The number of amides is 3. The zero-order valence-electron chi connectivity index (χ0n) is 16.4. The number of alkyl carbamates (subject to hydrolysis) is 1. The molecule has 0 aromatic carbocycles. The van der Waals surface area contributed by atoms with Gasteiger partial charge in [-0.15, -0.1) is 0 Å². The number of carbonyl (C=O) groups is 4. The molecule has 0 saturated carbocycles. The van der Waals surface area contributed by atoms with Crippen LogP contribution in [0.1, 0.15) is 33.6 Å². The summed E-state index contributed by atoms with van der Waals surface area (Å²) >= 11 is 0. The fraction of sp³-hybridized carbons (Fsp3) is 0.750. The summed E-state index contributed by atoms with van der Waals surface area (Å²) in [5, 5.41) is 30.0. The minimum atomic E-state index is -3.29. The smallest absolute Gasteiger partial charge is 0.414 e. The second kappa shape index (κ2) is 10.9. The van der Waals surface area contributed by atoms with Crippen molar-refractivity contribution in [2.75, 3.05) is 19.7 Å². The van der Waals surface area contributed by atoms with E-state index < -0.39 is 60.6 Å². The summed E-state index contributed by atoms with van der Waals surface area (Å²) in [6, 6.07) is 0. The van der Waals surface area contributed by atoms with E-state index in [0.717, 1.165) is 0 Å². The summed E-state index contributed by atoms with van der Waals surface area (Å²) < 4.78 is 30.3. The van der Waals surface area contributed by atoms with Crippen LogP contribution in [0.4, 0.5) is 18.4 Å². The van der Waals surface area contributed by atoms with Crippen LogP contribution in [0.15, 0.2) is 0 Å². The molecule has 0 aromatic rings. The highest BCUT2D eigenvalue weighted by atomic mass is 19.3. The maximum absolute atomic E-state index is 12.7. The Bertz CT molecular complexity index is 617. The maximum Gasteiger partial charge on any atom is 0.414 e. The highest BCUT2D eigenvalue weighted by molar-refractivity contribution is 5.94. The number of aliphatic hydroxyl groups is 1. The second-order valence-corrected chi connectivity index (χ2v) is 7.01. The van der Waals surface area contributed by atoms with Gasteiger partial charge in [0.25, 0.3) is 12.3 Å². The Morgan fingerprint density at radius 3 is 2.17 bits per heavy atom. The number of nitrogens with one attached hydrogen (secondary N) is 1. The number of halogens is 2. The Morgan fingerprint density at radius 1 is 1.21 bits per heavy atom. The zero-order valence-corrected chi connectivity index (χ0v) is 16.4. The van der Waals surface area contributed by atoms with Gasteiger partial charge in [-0.3, -0.25) is 4.79 Å². The average Bonchev–Trinajstić information content (AvgIpc) is 2.62. The topological polar surface area (TPSA) is 179 Å². The fourth-order valence-corrected chi connectivity index (χ4v) is 2.13. The molecule has 11 nitrogen and oxygen atoms in total. The predicted octanol–water partition coefficient (Wildman–Crippen LogP) is 0.454. The molecular formula is C16H27F2N3O8. The zero-order chi connectivity index (χ0) is 23.0. The molecule has 2 atom stereocenters. The van der Waals surface area contributed by atoms with Gasteiger partial charge in [-0.2, -0.15) is 0 Å². The van der Waals surface area contributed by atoms with E-state index in [0.29, 0.717) is 4.90 Å². The van der Waals surface area contributed by atoms with Gasteiger partial charge < -0.3 is 31.1 Å². The molecule has 13 heteroatoms. The van der Waals surface area contributed by atoms with Gasteiger partial charge in [-0.25, -0.2) is 28.1 Å². The number of carboxylic acids is 1. The Morgan fingerprint density at radius 2 is 1.76 bits per heavy atom. The summed E-state index contributed by atoms with van der Waals surface area (Å²) in [5.74, 6) is -2.94. The Kier molecular flexibility index (Phi) is 9.90. The van der Waals surface area contributed by atoms with E-state index in [4.69, 9.17) is 20.7 Å². The minimum absolute atomic E-state index is 0.170. The fourth-order valence-electron chi connectivity index (χ4n) is 2.13. The lowest BCUT2D eigenvalue weighted by Gasteiger charge is -2.31. The van der Waals surface area contributed by atoms with Crippen molar-refractivity contribution in [3.05, 3.63) is 0 Å². The molecule has 0 rings (SSSR count). The molecule has 0 heterocycles. The van der Waals surface area contributed by atoms with Gasteiger partial charge in [0.1, 0.15) is 12.7 Å². The van der Waals surface area contributed by atoms with Gasteiger partial charge in [0, 0.05) is 18.5 Å². The summed E-state index contributed by atoms with van der Waals surface area (Å²) in [7, 11) is 0. The number of aliphatic hydroxyl groups excluding tert-OH is 1. The number of alkyl halides is 2. The number of ether oxygens (including phenoxy) is 1. The van der Waals surface area contributed by atoms with Crippen LogP contribution in [0.3, 0.4) is 0 Å². The third-order valence-corrected chi connectivity index (χ3v) is 4.19. The number of aliphatic carboxylic acids is 1. The molecule has 3 amide bonds. The number of nitrogens with two attached hydrogens (primary N) is 1. The normalized spacial score (nSPS) is 14.6. The Balaban J connectivity index is 4.57. The van der Waals surface area contributed by atoms with Gasteiger partial charge >= 0.3 is 18.2 Å². The standard InChI is InChI=1S/C16H27F2N3O8/c1-4-21(14(27)28)10(23)9(22)15(2,3)8-29-13(26)20-7-5-6-16(19,11(17)18)12(24)25/h9,11,22H,4-8,19H2,1-3H3,(H,20,26)(H,24,25)(H,27,28). The van der Waals surface area contributed by atoms with E-state index in [-0.39, 0.29) is 19.5 Å². The van der Waals surface area contributed by atoms with E-state index in [2.05, 4.69) is 5.32 Å². The largest absolute Gasteiger partial charge is 0.480 e. The van der Waals surface area contributed by atoms with Crippen LogP contribution in [0.2, 0.25) is 0 Å². The molecule has 0 bridgehead atoms.